The van der Waals surface area contributed by atoms with E-state index in [0.29, 0.717) is 12.5 Å². The third kappa shape index (κ3) is 4.11. The Labute approximate surface area is 159 Å². The summed E-state index contributed by atoms with van der Waals surface area (Å²) in [5, 5.41) is 1.01. The normalized spacial score (nSPS) is 17.1. The third-order valence-corrected chi connectivity index (χ3v) is 5.11. The third-order valence-electron chi connectivity index (χ3n) is 5.11. The number of rotatable bonds is 4. The largest absolute Gasteiger partial charge is 0.493 e. The standard InChI is InChI=1S/C23H24N2O2/c1-17-9-10-19-14-20(11-12-22(19)24-17)23(26)25-13-5-6-18(15-25)16-27-21-7-3-2-4-8-21/h2-4,7-12,14,18H,5-6,13,15-16H2,1H3. The number of hydrogen-bond donors (Lipinski definition) is 0. The molecule has 1 amide bonds. The highest BCUT2D eigenvalue weighted by molar-refractivity contribution is 5.98. The van der Waals surface area contributed by atoms with Gasteiger partial charge in [-0.2, -0.15) is 0 Å². The average Bonchev–Trinajstić information content (AvgIpc) is 2.72. The number of nitrogens with zero attached hydrogens (tertiary/aromatic N) is 2. The van der Waals surface area contributed by atoms with Gasteiger partial charge in [-0.3, -0.25) is 9.78 Å². The number of para-hydroxylation sites is 1. The average molecular weight is 360 g/mol. The first-order chi connectivity index (χ1) is 13.2. The van der Waals surface area contributed by atoms with Gasteiger partial charge < -0.3 is 9.64 Å². The molecule has 0 saturated carbocycles. The van der Waals surface area contributed by atoms with Gasteiger partial charge in [0.25, 0.3) is 5.91 Å². The van der Waals surface area contributed by atoms with Crippen LogP contribution in [0.1, 0.15) is 28.9 Å². The maximum absolute atomic E-state index is 13.0. The van der Waals surface area contributed by atoms with E-state index in [1.165, 1.54) is 0 Å². The lowest BCUT2D eigenvalue weighted by molar-refractivity contribution is 0.0633. The maximum atomic E-state index is 13.0. The zero-order valence-corrected chi connectivity index (χ0v) is 15.6. The number of fused-ring (bicyclic) bond motifs is 1. The van der Waals surface area contributed by atoms with Crippen LogP contribution in [-0.2, 0) is 0 Å². The first kappa shape index (κ1) is 17.5. The second-order valence-electron chi connectivity index (χ2n) is 7.24. The molecule has 0 bridgehead atoms. The van der Waals surface area contributed by atoms with E-state index < -0.39 is 0 Å². The van der Waals surface area contributed by atoms with Crippen molar-refractivity contribution >= 4 is 16.8 Å². The summed E-state index contributed by atoms with van der Waals surface area (Å²) in [5.74, 6) is 1.35. The highest BCUT2D eigenvalue weighted by atomic mass is 16.5. The number of pyridine rings is 1. The van der Waals surface area contributed by atoms with Crippen LogP contribution >= 0.6 is 0 Å². The minimum absolute atomic E-state index is 0.0990. The summed E-state index contributed by atoms with van der Waals surface area (Å²) in [6.07, 6.45) is 2.11. The van der Waals surface area contributed by atoms with E-state index in [9.17, 15) is 4.79 Å². The van der Waals surface area contributed by atoms with Crippen LogP contribution in [0.5, 0.6) is 5.75 Å². The second-order valence-corrected chi connectivity index (χ2v) is 7.24. The van der Waals surface area contributed by atoms with Crippen molar-refractivity contribution in [2.75, 3.05) is 19.7 Å². The predicted molar refractivity (Wildman–Crippen MR) is 107 cm³/mol. The number of aryl methyl sites for hydroxylation is 1. The Balaban J connectivity index is 1.43. The van der Waals surface area contributed by atoms with Crippen LogP contribution in [-0.4, -0.2) is 35.5 Å². The lowest BCUT2D eigenvalue weighted by atomic mass is 9.98. The van der Waals surface area contributed by atoms with Gasteiger partial charge in [-0.05, 0) is 56.2 Å². The van der Waals surface area contributed by atoms with Crippen molar-refractivity contribution in [2.24, 2.45) is 5.92 Å². The Morgan fingerprint density at radius 3 is 2.85 bits per heavy atom. The highest BCUT2D eigenvalue weighted by Crippen LogP contribution is 2.22. The van der Waals surface area contributed by atoms with E-state index in [0.717, 1.165) is 53.8 Å². The summed E-state index contributed by atoms with van der Waals surface area (Å²) in [5.41, 5.74) is 2.65. The van der Waals surface area contributed by atoms with Crippen LogP contribution in [0.25, 0.3) is 10.9 Å². The molecule has 3 aromatic rings. The Morgan fingerprint density at radius 2 is 2.00 bits per heavy atom. The number of carbonyl (C=O) groups excluding carboxylic acids is 1. The summed E-state index contributed by atoms with van der Waals surface area (Å²) in [7, 11) is 0. The van der Waals surface area contributed by atoms with Gasteiger partial charge in [-0.25, -0.2) is 0 Å². The number of carbonyl (C=O) groups is 1. The van der Waals surface area contributed by atoms with Crippen molar-refractivity contribution in [3.63, 3.8) is 0 Å². The van der Waals surface area contributed by atoms with Gasteiger partial charge in [0, 0.05) is 35.7 Å². The molecule has 27 heavy (non-hydrogen) atoms. The first-order valence-corrected chi connectivity index (χ1v) is 9.53. The highest BCUT2D eigenvalue weighted by Gasteiger charge is 2.25. The van der Waals surface area contributed by atoms with E-state index in [-0.39, 0.29) is 5.91 Å². The number of aromatic nitrogens is 1. The number of amides is 1. The van der Waals surface area contributed by atoms with Crippen LogP contribution in [0.3, 0.4) is 0 Å². The maximum Gasteiger partial charge on any atom is 0.253 e. The van der Waals surface area contributed by atoms with E-state index in [1.54, 1.807) is 0 Å². The van der Waals surface area contributed by atoms with Crippen LogP contribution in [0.15, 0.2) is 60.7 Å². The lowest BCUT2D eigenvalue weighted by Crippen LogP contribution is -2.41. The molecular formula is C23H24N2O2. The minimum Gasteiger partial charge on any atom is -0.493 e. The lowest BCUT2D eigenvalue weighted by Gasteiger charge is -2.32. The van der Waals surface area contributed by atoms with Crippen LogP contribution < -0.4 is 4.74 Å². The molecule has 138 valence electrons. The summed E-state index contributed by atoms with van der Waals surface area (Å²) in [6, 6.07) is 19.7. The van der Waals surface area contributed by atoms with Gasteiger partial charge in [0.05, 0.1) is 12.1 Å². The fourth-order valence-electron chi connectivity index (χ4n) is 3.66. The molecule has 2 heterocycles. The van der Waals surface area contributed by atoms with Crippen molar-refractivity contribution in [3.05, 3.63) is 71.9 Å². The molecule has 0 radical (unpaired) electrons. The fraction of sp³-hybridized carbons (Fsp3) is 0.304. The van der Waals surface area contributed by atoms with E-state index >= 15 is 0 Å². The molecule has 1 aromatic heterocycles. The van der Waals surface area contributed by atoms with Crippen LogP contribution in [0, 0.1) is 12.8 Å². The first-order valence-electron chi connectivity index (χ1n) is 9.53. The van der Waals surface area contributed by atoms with Crippen molar-refractivity contribution in [2.45, 2.75) is 19.8 Å². The molecule has 2 aromatic carbocycles. The molecule has 1 aliphatic heterocycles. The van der Waals surface area contributed by atoms with Gasteiger partial charge in [0.15, 0.2) is 0 Å². The molecule has 4 rings (SSSR count). The Bertz CT molecular complexity index is 940. The van der Waals surface area contributed by atoms with Gasteiger partial charge >= 0.3 is 0 Å². The molecule has 1 fully saturated rings. The summed E-state index contributed by atoms with van der Waals surface area (Å²) >= 11 is 0. The molecule has 4 nitrogen and oxygen atoms in total. The molecule has 0 N–H and O–H groups in total. The molecule has 4 heteroatoms. The van der Waals surface area contributed by atoms with E-state index in [4.69, 9.17) is 4.74 Å². The minimum atomic E-state index is 0.0990. The monoisotopic (exact) mass is 360 g/mol. The van der Waals surface area contributed by atoms with Crippen molar-refractivity contribution < 1.29 is 9.53 Å². The van der Waals surface area contributed by atoms with Gasteiger partial charge in [-0.15, -0.1) is 0 Å². The molecular weight excluding hydrogens is 336 g/mol. The van der Waals surface area contributed by atoms with Gasteiger partial charge in [0.1, 0.15) is 5.75 Å². The molecule has 0 aliphatic carbocycles. The Hall–Kier alpha value is -2.88. The molecule has 1 saturated heterocycles. The number of ether oxygens (including phenoxy) is 1. The quantitative estimate of drug-likeness (QED) is 0.689. The number of likely N-dealkylation sites (tertiary alicyclic amines) is 1. The van der Waals surface area contributed by atoms with Crippen LogP contribution in [0.4, 0.5) is 0 Å². The second kappa shape index (κ2) is 7.78. The van der Waals surface area contributed by atoms with E-state index in [1.807, 2.05) is 72.5 Å². The summed E-state index contributed by atoms with van der Waals surface area (Å²) in [6.45, 7) is 4.18. The zero-order valence-electron chi connectivity index (χ0n) is 15.6. The SMILES string of the molecule is Cc1ccc2cc(C(=O)N3CCCC(COc4ccccc4)C3)ccc2n1. The van der Waals surface area contributed by atoms with Crippen molar-refractivity contribution in [1.82, 2.24) is 9.88 Å². The van der Waals surface area contributed by atoms with Gasteiger partial charge in [0.2, 0.25) is 0 Å². The van der Waals surface area contributed by atoms with Crippen LogP contribution in [0.2, 0.25) is 0 Å². The summed E-state index contributed by atoms with van der Waals surface area (Å²) in [4.78, 5) is 19.5. The molecule has 1 atom stereocenters. The van der Waals surface area contributed by atoms with Crippen molar-refractivity contribution in [3.8, 4) is 5.75 Å². The van der Waals surface area contributed by atoms with Gasteiger partial charge in [-0.1, -0.05) is 24.3 Å². The molecule has 1 aliphatic rings. The Morgan fingerprint density at radius 1 is 1.15 bits per heavy atom. The molecule has 1 unspecified atom stereocenters. The summed E-state index contributed by atoms with van der Waals surface area (Å²) < 4.78 is 5.90. The number of piperidine rings is 1. The van der Waals surface area contributed by atoms with Crippen molar-refractivity contribution in [1.29, 1.82) is 0 Å². The Kier molecular flexibility index (Phi) is 5.05. The number of hydrogen-bond acceptors (Lipinski definition) is 3. The fourth-order valence-corrected chi connectivity index (χ4v) is 3.66. The smallest absolute Gasteiger partial charge is 0.253 e. The molecule has 0 spiro atoms. The van der Waals surface area contributed by atoms with E-state index in [2.05, 4.69) is 4.98 Å². The number of benzene rings is 2. The zero-order chi connectivity index (χ0) is 18.6. The topological polar surface area (TPSA) is 42.4 Å². The predicted octanol–water partition coefficient (Wildman–Crippen LogP) is 4.47.